The highest BCUT2D eigenvalue weighted by Crippen LogP contribution is 2.35. The fraction of sp³-hybridized carbons (Fsp3) is 0.409. The molecule has 1 aromatic carbocycles. The maximum atomic E-state index is 13.4. The highest BCUT2D eigenvalue weighted by atomic mass is 19.1. The molecule has 2 aliphatic rings. The minimum atomic E-state index is -0.414. The first kappa shape index (κ1) is 19.4. The monoisotopic (exact) mass is 396 g/mol. The Balaban J connectivity index is 1.56. The molecule has 2 heterocycles. The van der Waals surface area contributed by atoms with E-state index >= 15 is 0 Å². The number of benzene rings is 1. The molecule has 0 saturated heterocycles. The fourth-order valence-electron chi connectivity index (χ4n) is 4.11. The number of aromatic nitrogens is 2. The summed E-state index contributed by atoms with van der Waals surface area (Å²) >= 11 is 0. The molecule has 1 aromatic heterocycles. The van der Waals surface area contributed by atoms with Gasteiger partial charge in [-0.05, 0) is 43.9 Å². The molecule has 29 heavy (non-hydrogen) atoms. The van der Waals surface area contributed by atoms with Gasteiger partial charge in [-0.2, -0.15) is 5.10 Å². The van der Waals surface area contributed by atoms with Crippen molar-refractivity contribution >= 4 is 17.5 Å². The second kappa shape index (κ2) is 7.81. The molecule has 7 heteroatoms. The largest absolute Gasteiger partial charge is 0.336 e. The lowest BCUT2D eigenvalue weighted by atomic mass is 9.77. The van der Waals surface area contributed by atoms with Gasteiger partial charge < -0.3 is 10.2 Å². The third-order valence-electron chi connectivity index (χ3n) is 5.82. The number of fused-ring (bicyclic) bond motifs is 1. The Morgan fingerprint density at radius 3 is 2.86 bits per heavy atom. The van der Waals surface area contributed by atoms with Crippen molar-refractivity contribution in [2.75, 3.05) is 11.9 Å². The number of nitrogens with one attached hydrogen (secondary N) is 1. The summed E-state index contributed by atoms with van der Waals surface area (Å²) in [6.07, 6.45) is 9.03. The highest BCUT2D eigenvalue weighted by Gasteiger charge is 2.37. The van der Waals surface area contributed by atoms with E-state index in [1.165, 1.54) is 18.3 Å². The molecule has 0 spiro atoms. The molecule has 1 unspecified atom stereocenters. The van der Waals surface area contributed by atoms with Gasteiger partial charge in [-0.25, -0.2) is 4.39 Å². The minimum Gasteiger partial charge on any atom is -0.336 e. The Labute approximate surface area is 169 Å². The van der Waals surface area contributed by atoms with Crippen LogP contribution in [0.2, 0.25) is 0 Å². The number of nitrogens with zero attached hydrogens (tertiary/aromatic N) is 3. The highest BCUT2D eigenvalue weighted by molar-refractivity contribution is 6.05. The summed E-state index contributed by atoms with van der Waals surface area (Å²) in [4.78, 5) is 28.0. The first-order valence-corrected chi connectivity index (χ1v) is 10.0. The summed E-state index contributed by atoms with van der Waals surface area (Å²) in [5.41, 5.74) is 1.13. The number of allylic oxidation sites excluding steroid dienone is 2. The number of carbonyl (C=O) groups is 2. The Hall–Kier alpha value is -2.96. The molecule has 1 atom stereocenters. The smallest absolute Gasteiger partial charge is 0.259 e. The normalized spacial score (nSPS) is 21.4. The van der Waals surface area contributed by atoms with Crippen molar-refractivity contribution in [3.05, 3.63) is 59.7 Å². The van der Waals surface area contributed by atoms with Crippen LogP contribution in [0.15, 0.2) is 42.6 Å². The van der Waals surface area contributed by atoms with Crippen LogP contribution >= 0.6 is 0 Å². The van der Waals surface area contributed by atoms with Crippen molar-refractivity contribution in [2.24, 2.45) is 5.41 Å². The van der Waals surface area contributed by atoms with Crippen molar-refractivity contribution in [3.63, 3.8) is 0 Å². The molecule has 4 rings (SSSR count). The van der Waals surface area contributed by atoms with Gasteiger partial charge in [0.05, 0.1) is 29.4 Å². The quantitative estimate of drug-likeness (QED) is 0.804. The van der Waals surface area contributed by atoms with Crippen LogP contribution < -0.4 is 5.32 Å². The van der Waals surface area contributed by atoms with Gasteiger partial charge in [0, 0.05) is 18.8 Å². The van der Waals surface area contributed by atoms with E-state index in [0.29, 0.717) is 30.9 Å². The van der Waals surface area contributed by atoms with Crippen LogP contribution in [0.5, 0.6) is 0 Å². The van der Waals surface area contributed by atoms with E-state index in [2.05, 4.69) is 22.6 Å². The van der Waals surface area contributed by atoms with Crippen molar-refractivity contribution < 1.29 is 14.0 Å². The van der Waals surface area contributed by atoms with E-state index in [-0.39, 0.29) is 11.8 Å². The maximum Gasteiger partial charge on any atom is 0.259 e. The molecule has 0 radical (unpaired) electrons. The number of hydrogen-bond acceptors (Lipinski definition) is 3. The molecule has 152 valence electrons. The van der Waals surface area contributed by atoms with E-state index < -0.39 is 11.2 Å². The van der Waals surface area contributed by atoms with Crippen LogP contribution in [0.25, 0.3) is 0 Å². The third kappa shape index (κ3) is 3.95. The summed E-state index contributed by atoms with van der Waals surface area (Å²) in [6, 6.07) is 5.78. The summed E-state index contributed by atoms with van der Waals surface area (Å²) in [7, 11) is 0. The predicted molar refractivity (Wildman–Crippen MR) is 108 cm³/mol. The molecule has 0 fully saturated rings. The number of hydrogen-bond donors (Lipinski definition) is 1. The molecule has 2 aromatic rings. The van der Waals surface area contributed by atoms with E-state index in [1.807, 2.05) is 11.8 Å². The lowest BCUT2D eigenvalue weighted by Crippen LogP contribution is -2.42. The molecule has 6 nitrogen and oxygen atoms in total. The zero-order valence-electron chi connectivity index (χ0n) is 16.5. The van der Waals surface area contributed by atoms with Crippen molar-refractivity contribution in [2.45, 2.75) is 45.7 Å². The average molecular weight is 396 g/mol. The van der Waals surface area contributed by atoms with E-state index in [4.69, 9.17) is 0 Å². The summed E-state index contributed by atoms with van der Waals surface area (Å²) in [6.45, 7) is 3.68. The third-order valence-corrected chi connectivity index (χ3v) is 5.82. The van der Waals surface area contributed by atoms with Crippen molar-refractivity contribution in [3.8, 4) is 0 Å². The first-order chi connectivity index (χ1) is 14.0. The van der Waals surface area contributed by atoms with Crippen LogP contribution in [0.3, 0.4) is 0 Å². The summed E-state index contributed by atoms with van der Waals surface area (Å²) < 4.78 is 15.2. The van der Waals surface area contributed by atoms with Crippen LogP contribution in [-0.4, -0.2) is 33.0 Å². The second-order valence-electron chi connectivity index (χ2n) is 8.05. The summed E-state index contributed by atoms with van der Waals surface area (Å²) in [5.74, 6) is -0.630. The maximum absolute atomic E-state index is 13.4. The Bertz CT molecular complexity index is 967. The first-order valence-electron chi connectivity index (χ1n) is 10.0. The Morgan fingerprint density at radius 1 is 1.24 bits per heavy atom. The predicted octanol–water partition coefficient (Wildman–Crippen LogP) is 3.75. The van der Waals surface area contributed by atoms with Crippen LogP contribution in [0, 0.1) is 11.2 Å². The van der Waals surface area contributed by atoms with Crippen molar-refractivity contribution in [1.29, 1.82) is 0 Å². The van der Waals surface area contributed by atoms with E-state index in [1.54, 1.807) is 16.8 Å². The van der Waals surface area contributed by atoms with Gasteiger partial charge in [0.1, 0.15) is 5.82 Å². The van der Waals surface area contributed by atoms with Crippen LogP contribution in [0.1, 0.15) is 48.7 Å². The van der Waals surface area contributed by atoms with Gasteiger partial charge in [-0.15, -0.1) is 0 Å². The standard InChI is InChI=1S/C22H25FN4O2/c1-22(9-3-2-4-10-22)21(29)26-11-6-12-27-19(15-26)18(14-24-27)20(28)25-17-8-5-7-16(23)13-17/h2-3,5,7-8,13-14H,4,6,9-12,15H2,1H3,(H,25,28). The number of carbonyl (C=O) groups excluding carboxylic acids is 2. The number of halogens is 1. The van der Waals surface area contributed by atoms with Gasteiger partial charge >= 0.3 is 0 Å². The van der Waals surface area contributed by atoms with Gasteiger partial charge in [0.25, 0.3) is 5.91 Å². The average Bonchev–Trinajstić information content (AvgIpc) is 2.98. The zero-order chi connectivity index (χ0) is 20.4. The van der Waals surface area contributed by atoms with Gasteiger partial charge in [0.2, 0.25) is 5.91 Å². The molecular formula is C22H25FN4O2. The molecule has 0 saturated carbocycles. The number of amides is 2. The molecule has 2 amide bonds. The van der Waals surface area contributed by atoms with Crippen LogP contribution in [0.4, 0.5) is 10.1 Å². The van der Waals surface area contributed by atoms with E-state index in [9.17, 15) is 14.0 Å². The van der Waals surface area contributed by atoms with Gasteiger partial charge in [-0.3, -0.25) is 14.3 Å². The molecule has 1 aliphatic carbocycles. The molecular weight excluding hydrogens is 371 g/mol. The Morgan fingerprint density at radius 2 is 2.10 bits per heavy atom. The number of rotatable bonds is 3. The minimum absolute atomic E-state index is 0.132. The molecule has 1 N–H and O–H groups in total. The lowest BCUT2D eigenvalue weighted by molar-refractivity contribution is -0.142. The SMILES string of the molecule is CC1(C(=O)N2CCCn3ncc(C(=O)Nc4cccc(F)c4)c3C2)CC=CCC1. The molecule has 0 bridgehead atoms. The van der Waals surface area contributed by atoms with Gasteiger partial charge in [-0.1, -0.05) is 25.1 Å². The summed E-state index contributed by atoms with van der Waals surface area (Å²) in [5, 5.41) is 7.08. The van der Waals surface area contributed by atoms with Gasteiger partial charge in [0.15, 0.2) is 0 Å². The topological polar surface area (TPSA) is 67.2 Å². The van der Waals surface area contributed by atoms with E-state index in [0.717, 1.165) is 31.4 Å². The Kier molecular flexibility index (Phi) is 5.22. The lowest BCUT2D eigenvalue weighted by Gasteiger charge is -2.35. The fourth-order valence-corrected chi connectivity index (χ4v) is 4.11. The molecule has 1 aliphatic heterocycles. The zero-order valence-corrected chi connectivity index (χ0v) is 16.5. The van der Waals surface area contributed by atoms with Crippen molar-refractivity contribution in [1.82, 2.24) is 14.7 Å². The number of aryl methyl sites for hydroxylation is 1. The second-order valence-corrected chi connectivity index (χ2v) is 8.05. The number of anilines is 1. The van der Waals surface area contributed by atoms with Crippen LogP contribution in [-0.2, 0) is 17.9 Å².